The van der Waals surface area contributed by atoms with Crippen molar-refractivity contribution >= 4 is 15.6 Å². The summed E-state index contributed by atoms with van der Waals surface area (Å²) in [6.45, 7) is 0. The molecule has 0 N–H and O–H groups in total. The molecule has 2 atom stereocenters. The Morgan fingerprint density at radius 2 is 1.70 bits per heavy atom. The zero-order valence-corrected chi connectivity index (χ0v) is 15.0. The standard InChI is InChI=1S/C21H15NO4S/c22-14-21(27(23,24)15-7-2-1-3-8-15)17-13-20(19-11-6-12-25-19)26-18-10-5-4-9-16(17)18/h1-13,17,21H. The molecule has 0 spiro atoms. The number of nitrogens with zero attached hydrogens (tertiary/aromatic N) is 1. The number of rotatable bonds is 4. The van der Waals surface area contributed by atoms with Crippen LogP contribution in [-0.2, 0) is 9.84 Å². The molecule has 134 valence electrons. The summed E-state index contributed by atoms with van der Waals surface area (Å²) in [6.07, 6.45) is 3.16. The van der Waals surface area contributed by atoms with Gasteiger partial charge >= 0.3 is 0 Å². The monoisotopic (exact) mass is 377 g/mol. The lowest BCUT2D eigenvalue weighted by molar-refractivity contribution is 0.446. The first-order chi connectivity index (χ1) is 13.1. The number of allylic oxidation sites excluding steroid dienone is 1. The molecule has 0 amide bonds. The maximum Gasteiger partial charge on any atom is 0.195 e. The van der Waals surface area contributed by atoms with Gasteiger partial charge < -0.3 is 9.15 Å². The fourth-order valence-corrected chi connectivity index (χ4v) is 4.74. The van der Waals surface area contributed by atoms with Crippen LogP contribution in [0.25, 0.3) is 5.76 Å². The van der Waals surface area contributed by atoms with Crippen LogP contribution in [0.1, 0.15) is 17.2 Å². The van der Waals surface area contributed by atoms with Crippen molar-refractivity contribution in [2.24, 2.45) is 0 Å². The molecule has 1 aliphatic rings. The Kier molecular flexibility index (Phi) is 4.30. The van der Waals surface area contributed by atoms with Crippen molar-refractivity contribution in [3.8, 4) is 11.8 Å². The van der Waals surface area contributed by atoms with Gasteiger partial charge in [-0.3, -0.25) is 0 Å². The molecular weight excluding hydrogens is 362 g/mol. The average molecular weight is 377 g/mol. The Morgan fingerprint density at radius 1 is 0.963 bits per heavy atom. The third-order valence-electron chi connectivity index (χ3n) is 4.45. The molecule has 0 fully saturated rings. The van der Waals surface area contributed by atoms with E-state index >= 15 is 0 Å². The molecule has 2 heterocycles. The van der Waals surface area contributed by atoms with Crippen LogP contribution in [0, 0.1) is 11.3 Å². The molecule has 0 aliphatic carbocycles. The molecule has 3 aromatic rings. The largest absolute Gasteiger partial charge is 0.461 e. The number of ether oxygens (including phenoxy) is 1. The van der Waals surface area contributed by atoms with Crippen molar-refractivity contribution in [3.63, 3.8) is 0 Å². The van der Waals surface area contributed by atoms with E-state index < -0.39 is 21.0 Å². The normalized spacial score (nSPS) is 17.1. The summed E-state index contributed by atoms with van der Waals surface area (Å²) in [5.74, 6) is 0.695. The predicted octanol–water partition coefficient (Wildman–Crippen LogP) is 4.16. The summed E-state index contributed by atoms with van der Waals surface area (Å²) in [7, 11) is -3.88. The summed E-state index contributed by atoms with van der Waals surface area (Å²) < 4.78 is 37.6. The zero-order chi connectivity index (χ0) is 18.9. The Labute approximate surface area is 157 Å². The topological polar surface area (TPSA) is 80.3 Å². The summed E-state index contributed by atoms with van der Waals surface area (Å²) in [5.41, 5.74) is 0.652. The van der Waals surface area contributed by atoms with Crippen molar-refractivity contribution in [1.82, 2.24) is 0 Å². The van der Waals surface area contributed by atoms with Crippen LogP contribution < -0.4 is 4.74 Å². The molecule has 0 saturated heterocycles. The van der Waals surface area contributed by atoms with E-state index in [1.165, 1.54) is 18.4 Å². The van der Waals surface area contributed by atoms with E-state index in [4.69, 9.17) is 9.15 Å². The second kappa shape index (κ2) is 6.78. The molecule has 0 radical (unpaired) electrons. The van der Waals surface area contributed by atoms with Crippen LogP contribution in [0.5, 0.6) is 5.75 Å². The minimum atomic E-state index is -3.88. The van der Waals surface area contributed by atoms with Crippen LogP contribution in [-0.4, -0.2) is 13.7 Å². The molecule has 0 bridgehead atoms. The van der Waals surface area contributed by atoms with Gasteiger partial charge in [0.05, 0.1) is 17.2 Å². The van der Waals surface area contributed by atoms with E-state index in [0.717, 1.165) is 0 Å². The first kappa shape index (κ1) is 17.1. The maximum atomic E-state index is 13.1. The quantitative estimate of drug-likeness (QED) is 0.682. The first-order valence-corrected chi connectivity index (χ1v) is 9.87. The Bertz CT molecular complexity index is 1130. The lowest BCUT2D eigenvalue weighted by Crippen LogP contribution is -2.28. The van der Waals surface area contributed by atoms with Crippen molar-refractivity contribution < 1.29 is 17.6 Å². The van der Waals surface area contributed by atoms with Crippen molar-refractivity contribution in [2.45, 2.75) is 16.1 Å². The predicted molar refractivity (Wildman–Crippen MR) is 99.5 cm³/mol. The van der Waals surface area contributed by atoms with Gasteiger partial charge in [0.25, 0.3) is 0 Å². The van der Waals surface area contributed by atoms with Gasteiger partial charge in [-0.05, 0) is 36.4 Å². The number of benzene rings is 2. The summed E-state index contributed by atoms with van der Waals surface area (Å²) in [5, 5.41) is 8.50. The maximum absolute atomic E-state index is 13.1. The van der Waals surface area contributed by atoms with Crippen LogP contribution in [0.15, 0.2) is 88.4 Å². The Balaban J connectivity index is 1.86. The average Bonchev–Trinajstić information content (AvgIpc) is 3.24. The molecule has 27 heavy (non-hydrogen) atoms. The fraction of sp³-hybridized carbons (Fsp3) is 0.0952. The molecule has 4 rings (SSSR count). The van der Waals surface area contributed by atoms with Gasteiger partial charge in [-0.15, -0.1) is 0 Å². The third kappa shape index (κ3) is 3.03. The number of furan rings is 1. The van der Waals surface area contributed by atoms with E-state index in [2.05, 4.69) is 0 Å². The number of nitriles is 1. The van der Waals surface area contributed by atoms with Crippen molar-refractivity contribution in [1.29, 1.82) is 5.26 Å². The zero-order valence-electron chi connectivity index (χ0n) is 14.1. The summed E-state index contributed by atoms with van der Waals surface area (Å²) in [6, 6.07) is 20.6. The lowest BCUT2D eigenvalue weighted by Gasteiger charge is -2.27. The molecule has 6 heteroatoms. The molecular formula is C21H15NO4S. The van der Waals surface area contributed by atoms with E-state index in [0.29, 0.717) is 22.8 Å². The highest BCUT2D eigenvalue weighted by molar-refractivity contribution is 7.92. The number of hydrogen-bond acceptors (Lipinski definition) is 5. The summed E-state index contributed by atoms with van der Waals surface area (Å²) >= 11 is 0. The number of fused-ring (bicyclic) bond motifs is 1. The Morgan fingerprint density at radius 3 is 2.41 bits per heavy atom. The molecule has 1 aromatic heterocycles. The SMILES string of the molecule is N#CC(C1C=C(c2ccco2)Oc2ccccc21)S(=O)(=O)c1ccccc1. The first-order valence-electron chi connectivity index (χ1n) is 8.32. The van der Waals surface area contributed by atoms with Crippen LogP contribution in [0.4, 0.5) is 0 Å². The van der Waals surface area contributed by atoms with Crippen molar-refractivity contribution in [3.05, 3.63) is 90.4 Å². The number of para-hydroxylation sites is 1. The molecule has 1 aliphatic heterocycles. The lowest BCUT2D eigenvalue weighted by atomic mass is 9.92. The molecule has 2 unspecified atom stereocenters. The fourth-order valence-electron chi connectivity index (χ4n) is 3.16. The highest BCUT2D eigenvalue weighted by Gasteiger charge is 2.38. The van der Waals surface area contributed by atoms with E-state index in [1.807, 2.05) is 6.07 Å². The Hall–Kier alpha value is -3.30. The van der Waals surface area contributed by atoms with Gasteiger partial charge in [0.1, 0.15) is 5.75 Å². The molecule has 0 saturated carbocycles. The van der Waals surface area contributed by atoms with Gasteiger partial charge in [0, 0.05) is 11.5 Å². The van der Waals surface area contributed by atoms with Gasteiger partial charge in [-0.2, -0.15) is 5.26 Å². The van der Waals surface area contributed by atoms with Gasteiger partial charge in [-0.25, -0.2) is 8.42 Å². The van der Waals surface area contributed by atoms with Crippen molar-refractivity contribution in [2.75, 3.05) is 0 Å². The minimum Gasteiger partial charge on any atom is -0.461 e. The van der Waals surface area contributed by atoms with E-state index in [-0.39, 0.29) is 4.90 Å². The molecule has 5 nitrogen and oxygen atoms in total. The number of sulfone groups is 1. The highest BCUT2D eigenvalue weighted by atomic mass is 32.2. The van der Waals surface area contributed by atoms with Gasteiger partial charge in [0.15, 0.2) is 26.6 Å². The smallest absolute Gasteiger partial charge is 0.195 e. The van der Waals surface area contributed by atoms with Crippen LogP contribution >= 0.6 is 0 Å². The van der Waals surface area contributed by atoms with Gasteiger partial charge in [0.2, 0.25) is 0 Å². The van der Waals surface area contributed by atoms with Gasteiger partial charge in [-0.1, -0.05) is 36.4 Å². The minimum absolute atomic E-state index is 0.119. The number of hydrogen-bond donors (Lipinski definition) is 0. The second-order valence-electron chi connectivity index (χ2n) is 6.08. The third-order valence-corrected chi connectivity index (χ3v) is 6.45. The van der Waals surface area contributed by atoms with E-state index in [9.17, 15) is 13.7 Å². The molecule has 2 aromatic carbocycles. The van der Waals surface area contributed by atoms with E-state index in [1.54, 1.807) is 60.7 Å². The van der Waals surface area contributed by atoms with Crippen LogP contribution in [0.2, 0.25) is 0 Å². The van der Waals surface area contributed by atoms with Crippen LogP contribution in [0.3, 0.4) is 0 Å². The highest BCUT2D eigenvalue weighted by Crippen LogP contribution is 2.41. The second-order valence-corrected chi connectivity index (χ2v) is 8.15. The summed E-state index contributed by atoms with van der Waals surface area (Å²) in [4.78, 5) is 0.119.